The third-order valence-electron chi connectivity index (χ3n) is 6.16. The Bertz CT molecular complexity index is 421. The first-order valence-corrected chi connectivity index (χ1v) is 10.7. The van der Waals surface area contributed by atoms with Gasteiger partial charge in [-0.25, -0.2) is 0 Å². The summed E-state index contributed by atoms with van der Waals surface area (Å²) in [5, 5.41) is 6.11. The number of nitrogens with one attached hydrogen (secondary N) is 2. The first-order chi connectivity index (χ1) is 11.9. The number of hydrogen-bond donors (Lipinski definition) is 2. The molecule has 2 fully saturated rings. The Kier molecular flexibility index (Phi) is 8.34. The summed E-state index contributed by atoms with van der Waals surface area (Å²) in [6, 6.07) is 0.561. The van der Waals surface area contributed by atoms with Crippen molar-refractivity contribution in [2.45, 2.75) is 70.9 Å². The van der Waals surface area contributed by atoms with Crippen LogP contribution in [0.3, 0.4) is 0 Å². The highest BCUT2D eigenvalue weighted by atomic mass is 35.5. The van der Waals surface area contributed by atoms with Crippen LogP contribution in [0, 0.1) is 23.7 Å². The monoisotopic (exact) mass is 390 g/mol. The average Bonchev–Trinajstić information content (AvgIpc) is 2.59. The predicted octanol–water partition coefficient (Wildman–Crippen LogP) is 3.70. The highest BCUT2D eigenvalue weighted by Crippen LogP contribution is 2.39. The summed E-state index contributed by atoms with van der Waals surface area (Å²) in [5.41, 5.74) is 0. The van der Waals surface area contributed by atoms with Gasteiger partial charge in [0.25, 0.3) is 0 Å². The molecule has 25 heavy (non-hydrogen) atoms. The molecule has 0 unspecified atom stereocenters. The summed E-state index contributed by atoms with van der Waals surface area (Å²) in [4.78, 5) is 23.0. The van der Waals surface area contributed by atoms with E-state index in [1.807, 2.05) is 0 Å². The minimum atomic E-state index is -0.0527. The van der Waals surface area contributed by atoms with Crippen molar-refractivity contribution in [3.63, 3.8) is 0 Å². The summed E-state index contributed by atoms with van der Waals surface area (Å²) in [7, 11) is 0. The van der Waals surface area contributed by atoms with Crippen LogP contribution in [0.2, 0.25) is 0 Å². The quantitative estimate of drug-likeness (QED) is 0.679. The molecule has 144 valence electrons. The highest BCUT2D eigenvalue weighted by molar-refractivity contribution is 6.27. The van der Waals surface area contributed by atoms with Crippen molar-refractivity contribution in [2.24, 2.45) is 23.7 Å². The van der Waals surface area contributed by atoms with Gasteiger partial charge >= 0.3 is 0 Å². The fourth-order valence-corrected chi connectivity index (χ4v) is 4.99. The fourth-order valence-electron chi connectivity index (χ4n) is 4.83. The van der Waals surface area contributed by atoms with E-state index in [2.05, 4.69) is 24.5 Å². The molecule has 2 amide bonds. The lowest BCUT2D eigenvalue weighted by Gasteiger charge is -2.39. The standard InChI is InChI=1S/C19H32Cl2N2O2/c1-12-7-14(3-5-16(12)22-18(24)10-20)9-15-4-6-17(13(2)8-15)23-19(25)11-21/h12-17H,3-11H2,1-2H3,(H,22,24)(H,23,25)/t12-,13-,14-,15-,16-,17+/m1/s1. The van der Waals surface area contributed by atoms with Crippen LogP contribution in [0.1, 0.15) is 58.8 Å². The number of carbonyl (C=O) groups excluding carboxylic acids is 2. The molecule has 0 aromatic heterocycles. The van der Waals surface area contributed by atoms with E-state index < -0.39 is 0 Å². The molecule has 2 aliphatic rings. The lowest BCUT2D eigenvalue weighted by atomic mass is 9.70. The summed E-state index contributed by atoms with van der Waals surface area (Å²) >= 11 is 11.2. The van der Waals surface area contributed by atoms with E-state index in [1.165, 1.54) is 32.1 Å². The van der Waals surface area contributed by atoms with Crippen LogP contribution in [0.5, 0.6) is 0 Å². The minimum absolute atomic E-state index is 0.0496. The van der Waals surface area contributed by atoms with E-state index in [1.54, 1.807) is 0 Å². The van der Waals surface area contributed by atoms with Crippen molar-refractivity contribution in [3.8, 4) is 0 Å². The summed E-state index contributed by atoms with van der Waals surface area (Å²) < 4.78 is 0. The van der Waals surface area contributed by atoms with Crippen LogP contribution >= 0.6 is 23.2 Å². The minimum Gasteiger partial charge on any atom is -0.352 e. The second-order valence-electron chi connectivity index (χ2n) is 8.16. The summed E-state index contributed by atoms with van der Waals surface area (Å²) in [6.45, 7) is 4.49. The van der Waals surface area contributed by atoms with Crippen molar-refractivity contribution in [2.75, 3.05) is 11.8 Å². The van der Waals surface area contributed by atoms with Crippen molar-refractivity contribution in [3.05, 3.63) is 0 Å². The molecule has 0 spiro atoms. The molecule has 0 aliphatic heterocycles. The SMILES string of the molecule is C[C@@H]1C[C@H](C[C@@H]2CC[C@@H](NC(=O)CCl)[C@H](C)C2)CC[C@@H]1NC(=O)CCl. The third kappa shape index (κ3) is 6.32. The highest BCUT2D eigenvalue weighted by Gasteiger charge is 2.33. The van der Waals surface area contributed by atoms with Crippen molar-refractivity contribution >= 4 is 35.0 Å². The first-order valence-electron chi connectivity index (χ1n) is 9.63. The van der Waals surface area contributed by atoms with E-state index in [9.17, 15) is 9.59 Å². The molecular formula is C19H32Cl2N2O2. The molecule has 0 heterocycles. The molecular weight excluding hydrogens is 359 g/mol. The summed E-state index contributed by atoms with van der Waals surface area (Å²) in [5.74, 6) is 2.54. The summed E-state index contributed by atoms with van der Waals surface area (Å²) in [6.07, 6.45) is 8.15. The van der Waals surface area contributed by atoms with Crippen molar-refractivity contribution < 1.29 is 9.59 Å². The van der Waals surface area contributed by atoms with Crippen molar-refractivity contribution in [1.82, 2.24) is 10.6 Å². The van der Waals surface area contributed by atoms with E-state index in [0.29, 0.717) is 11.8 Å². The Labute approximate surface area is 161 Å². The van der Waals surface area contributed by atoms with Gasteiger partial charge in [-0.2, -0.15) is 0 Å². The third-order valence-corrected chi connectivity index (χ3v) is 6.64. The molecule has 2 saturated carbocycles. The average molecular weight is 391 g/mol. The molecule has 2 N–H and O–H groups in total. The number of alkyl halides is 2. The Hall–Kier alpha value is -0.480. The van der Waals surface area contributed by atoms with Crippen LogP contribution < -0.4 is 10.6 Å². The van der Waals surface area contributed by atoms with Crippen LogP contribution in [0.25, 0.3) is 0 Å². The fraction of sp³-hybridized carbons (Fsp3) is 0.895. The molecule has 2 rings (SSSR count). The van der Waals surface area contributed by atoms with E-state index in [0.717, 1.165) is 24.7 Å². The van der Waals surface area contributed by atoms with Gasteiger partial charge in [0.15, 0.2) is 0 Å². The van der Waals surface area contributed by atoms with Gasteiger partial charge in [-0.3, -0.25) is 9.59 Å². The van der Waals surface area contributed by atoms with Gasteiger partial charge in [0, 0.05) is 12.1 Å². The van der Waals surface area contributed by atoms with Gasteiger partial charge in [0.1, 0.15) is 11.8 Å². The number of halogens is 2. The number of rotatable bonds is 6. The van der Waals surface area contributed by atoms with Gasteiger partial charge < -0.3 is 10.6 Å². The smallest absolute Gasteiger partial charge is 0.235 e. The van der Waals surface area contributed by atoms with E-state index >= 15 is 0 Å². The second kappa shape index (κ2) is 10.0. The largest absolute Gasteiger partial charge is 0.352 e. The Morgan fingerprint density at radius 3 is 1.52 bits per heavy atom. The molecule has 6 atom stereocenters. The zero-order chi connectivity index (χ0) is 18.4. The molecule has 2 aliphatic carbocycles. The maximum absolute atomic E-state index is 11.5. The molecule has 4 nitrogen and oxygen atoms in total. The Morgan fingerprint density at radius 1 is 0.800 bits per heavy atom. The predicted molar refractivity (Wildman–Crippen MR) is 103 cm³/mol. The van der Waals surface area contributed by atoms with Gasteiger partial charge in [-0.1, -0.05) is 13.8 Å². The Balaban J connectivity index is 1.75. The molecule has 0 bridgehead atoms. The first kappa shape index (κ1) is 20.8. The van der Waals surface area contributed by atoms with Gasteiger partial charge in [0.2, 0.25) is 11.8 Å². The lowest BCUT2D eigenvalue weighted by molar-refractivity contribution is -0.120. The van der Waals surface area contributed by atoms with Crippen molar-refractivity contribution in [1.29, 1.82) is 0 Å². The van der Waals surface area contributed by atoms with Gasteiger partial charge in [0.05, 0.1) is 0 Å². The second-order valence-corrected chi connectivity index (χ2v) is 8.70. The number of hydrogen-bond acceptors (Lipinski definition) is 2. The zero-order valence-electron chi connectivity index (χ0n) is 15.4. The molecule has 0 aromatic rings. The molecule has 6 heteroatoms. The maximum Gasteiger partial charge on any atom is 0.235 e. The molecule has 0 saturated heterocycles. The van der Waals surface area contributed by atoms with Crippen LogP contribution in [-0.4, -0.2) is 35.7 Å². The van der Waals surface area contributed by atoms with Gasteiger partial charge in [-0.05, 0) is 68.6 Å². The Morgan fingerprint density at radius 2 is 1.20 bits per heavy atom. The topological polar surface area (TPSA) is 58.2 Å². The van der Waals surface area contributed by atoms with Crippen LogP contribution in [0.4, 0.5) is 0 Å². The lowest BCUT2D eigenvalue weighted by Crippen LogP contribution is -2.44. The zero-order valence-corrected chi connectivity index (χ0v) is 16.9. The maximum atomic E-state index is 11.5. The normalized spacial score (nSPS) is 35.8. The van der Waals surface area contributed by atoms with Crippen LogP contribution in [0.15, 0.2) is 0 Å². The molecule has 0 aromatic carbocycles. The number of amides is 2. The van der Waals surface area contributed by atoms with E-state index in [-0.39, 0.29) is 35.7 Å². The van der Waals surface area contributed by atoms with Crippen LogP contribution in [-0.2, 0) is 9.59 Å². The molecule has 0 radical (unpaired) electrons. The van der Waals surface area contributed by atoms with Gasteiger partial charge in [-0.15, -0.1) is 23.2 Å². The van der Waals surface area contributed by atoms with E-state index in [4.69, 9.17) is 23.2 Å². The number of carbonyl (C=O) groups is 2.